The Balaban J connectivity index is 0.000000578. The van der Waals surface area contributed by atoms with Crippen molar-refractivity contribution < 1.29 is 51.0 Å². The second kappa shape index (κ2) is 11.2. The quantitative estimate of drug-likeness (QED) is 0.404. The van der Waals surface area contributed by atoms with Crippen LogP contribution in [-0.4, -0.2) is 4.57 Å². The average Bonchev–Trinajstić information content (AvgIpc) is 3.18. The molecule has 0 bridgehead atoms. The molecule has 0 fully saturated rings. The van der Waals surface area contributed by atoms with Crippen molar-refractivity contribution in [1.29, 1.82) is 0 Å². The minimum Gasteiger partial charge on any atom is -1.00 e. The summed E-state index contributed by atoms with van der Waals surface area (Å²) in [4.78, 5) is 0. The van der Waals surface area contributed by atoms with Crippen molar-refractivity contribution in [3.8, 4) is 16.9 Å². The molecule has 0 unspecified atom stereocenters. The molecule has 3 aliphatic rings. The molecule has 5 heteroatoms. The van der Waals surface area contributed by atoms with E-state index in [2.05, 4.69) is 82.0 Å². The van der Waals surface area contributed by atoms with E-state index in [-0.39, 0.29) is 51.0 Å². The number of rotatable bonds is 1. The van der Waals surface area contributed by atoms with E-state index >= 15 is 0 Å². The molecule has 1 aromatic carbocycles. The number of hydrogen-bond acceptors (Lipinski definition) is 0. The smallest absolute Gasteiger partial charge is 1.00 e. The van der Waals surface area contributed by atoms with Crippen LogP contribution in [0.2, 0.25) is 0 Å². The number of aromatic nitrogens is 1. The standard InChI is InChI=1S/C14H11BrN.C5H5.2ClH.Zr/c1-10-7-11-9-14(15)16(13(11)8-10)12-5-3-2-4-6-12;1-2-4-5-3-1;;;/h2-9H,1H3;1-3H,4H2;2*1H;/q2*-1;;;+4/p-2. The summed E-state index contributed by atoms with van der Waals surface area (Å²) in [5.41, 5.74) is 5.04. The van der Waals surface area contributed by atoms with E-state index in [4.69, 9.17) is 0 Å². The number of hydrogen-bond donors (Lipinski definition) is 0. The maximum atomic E-state index is 3.61. The van der Waals surface area contributed by atoms with Gasteiger partial charge in [-0.1, -0.05) is 63.6 Å². The molecule has 122 valence electrons. The number of benzene rings is 1. The van der Waals surface area contributed by atoms with Gasteiger partial charge in [0.25, 0.3) is 0 Å². The van der Waals surface area contributed by atoms with E-state index in [1.807, 2.05) is 18.2 Å². The number of aryl methyl sites for hydroxylation is 1. The van der Waals surface area contributed by atoms with Gasteiger partial charge in [-0.2, -0.15) is 6.08 Å². The first-order chi connectivity index (χ1) is 10.3. The van der Waals surface area contributed by atoms with Crippen LogP contribution >= 0.6 is 15.9 Å². The van der Waals surface area contributed by atoms with Crippen molar-refractivity contribution in [2.75, 3.05) is 0 Å². The molecule has 0 aromatic heterocycles. The maximum Gasteiger partial charge on any atom is 4.00 e. The molecule has 0 spiro atoms. The molecule has 1 nitrogen and oxygen atoms in total. The fourth-order valence-electron chi connectivity index (χ4n) is 2.46. The number of halogens is 3. The maximum absolute atomic E-state index is 3.61. The van der Waals surface area contributed by atoms with Gasteiger partial charge in [-0.3, -0.25) is 6.08 Å². The number of allylic oxidation sites excluding steroid dienone is 4. The van der Waals surface area contributed by atoms with Crippen molar-refractivity contribution in [3.05, 3.63) is 83.0 Å². The van der Waals surface area contributed by atoms with Gasteiger partial charge in [0.1, 0.15) is 0 Å². The van der Waals surface area contributed by atoms with Crippen LogP contribution in [0.25, 0.3) is 16.9 Å². The predicted octanol–water partition coefficient (Wildman–Crippen LogP) is -0.317. The summed E-state index contributed by atoms with van der Waals surface area (Å²) >= 11 is 3.61. The molecule has 1 heterocycles. The van der Waals surface area contributed by atoms with E-state index in [1.165, 1.54) is 22.5 Å². The van der Waals surface area contributed by atoms with E-state index < -0.39 is 0 Å². The summed E-state index contributed by atoms with van der Waals surface area (Å²) < 4.78 is 3.33. The molecule has 1 aliphatic heterocycles. The minimum absolute atomic E-state index is 0. The zero-order chi connectivity index (χ0) is 14.7. The normalized spacial score (nSPS) is 11.1. The van der Waals surface area contributed by atoms with Crippen LogP contribution in [0.15, 0.2) is 71.4 Å². The summed E-state index contributed by atoms with van der Waals surface area (Å²) in [6, 6.07) is 17.0. The molecule has 0 radical (unpaired) electrons. The Morgan fingerprint density at radius 2 is 1.83 bits per heavy atom. The molecule has 1 aromatic rings. The van der Waals surface area contributed by atoms with Crippen molar-refractivity contribution >= 4 is 15.9 Å². The van der Waals surface area contributed by atoms with Gasteiger partial charge in [-0.05, 0) is 17.2 Å². The summed E-state index contributed by atoms with van der Waals surface area (Å²) in [5.74, 6) is 0. The van der Waals surface area contributed by atoms with Gasteiger partial charge >= 0.3 is 26.2 Å². The second-order valence-electron chi connectivity index (χ2n) is 5.01. The van der Waals surface area contributed by atoms with Crippen molar-refractivity contribution in [1.82, 2.24) is 4.57 Å². The van der Waals surface area contributed by atoms with Gasteiger partial charge in [-0.25, -0.2) is 12.2 Å². The van der Waals surface area contributed by atoms with Gasteiger partial charge in [0.05, 0.1) is 0 Å². The van der Waals surface area contributed by atoms with Crippen LogP contribution in [0.3, 0.4) is 0 Å². The fraction of sp³-hybridized carbons (Fsp3) is 0.105. The monoisotopic (exact) mass is 497 g/mol. The predicted molar refractivity (Wildman–Crippen MR) is 92.0 cm³/mol. The Morgan fingerprint density at radius 3 is 2.38 bits per heavy atom. The third kappa shape index (κ3) is 5.53. The zero-order valence-electron chi connectivity index (χ0n) is 13.1. The first-order valence-electron chi connectivity index (χ1n) is 6.97. The molecule has 0 saturated heterocycles. The Bertz CT molecular complexity index is 749. The summed E-state index contributed by atoms with van der Waals surface area (Å²) in [7, 11) is 0. The van der Waals surface area contributed by atoms with Crippen LogP contribution < -0.4 is 24.8 Å². The van der Waals surface area contributed by atoms with E-state index in [0.29, 0.717) is 0 Å². The van der Waals surface area contributed by atoms with Crippen LogP contribution in [0.5, 0.6) is 0 Å². The number of nitrogens with zero attached hydrogens (tertiary/aromatic N) is 1. The van der Waals surface area contributed by atoms with E-state index in [1.54, 1.807) is 0 Å². The Morgan fingerprint density at radius 1 is 1.12 bits per heavy atom. The molecule has 0 amide bonds. The molecule has 2 aliphatic carbocycles. The number of para-hydroxylation sites is 1. The van der Waals surface area contributed by atoms with E-state index in [0.717, 1.165) is 11.0 Å². The molecular formula is C19H16BrCl2NZr. The third-order valence-corrected chi connectivity index (χ3v) is 3.96. The average molecular weight is 500 g/mol. The summed E-state index contributed by atoms with van der Waals surface area (Å²) in [5, 5.41) is 0. The fourth-order valence-corrected chi connectivity index (χ4v) is 3.10. The van der Waals surface area contributed by atoms with Crippen molar-refractivity contribution in [3.63, 3.8) is 0 Å². The van der Waals surface area contributed by atoms with Crippen LogP contribution in [0.1, 0.15) is 12.0 Å². The third-order valence-electron chi connectivity index (χ3n) is 3.37. The van der Waals surface area contributed by atoms with Gasteiger partial charge in [0.15, 0.2) is 0 Å². The summed E-state index contributed by atoms with van der Waals surface area (Å²) in [6.45, 7) is 2.13. The molecule has 4 rings (SSSR count). The Labute approximate surface area is 183 Å². The van der Waals surface area contributed by atoms with Gasteiger partial charge in [0.2, 0.25) is 0 Å². The largest absolute Gasteiger partial charge is 4.00 e. The van der Waals surface area contributed by atoms with Crippen LogP contribution in [0.4, 0.5) is 0 Å². The van der Waals surface area contributed by atoms with Gasteiger partial charge in [-0.15, -0.1) is 24.1 Å². The second-order valence-corrected chi connectivity index (χ2v) is 5.83. The Kier molecular flexibility index (Phi) is 11.0. The molecular weight excluding hydrogens is 484 g/mol. The number of fused-ring (bicyclic) bond motifs is 1. The Hall–Kier alpha value is -0.467. The molecule has 0 atom stereocenters. The van der Waals surface area contributed by atoms with Crippen LogP contribution in [-0.2, 0) is 26.2 Å². The van der Waals surface area contributed by atoms with Gasteiger partial charge in [0, 0.05) is 0 Å². The molecule has 0 saturated carbocycles. The topological polar surface area (TPSA) is 4.93 Å². The first-order valence-corrected chi connectivity index (χ1v) is 7.76. The molecule has 24 heavy (non-hydrogen) atoms. The van der Waals surface area contributed by atoms with Gasteiger partial charge < -0.3 is 29.4 Å². The zero-order valence-corrected chi connectivity index (χ0v) is 18.7. The minimum atomic E-state index is 0. The molecule has 0 N–H and O–H groups in total. The van der Waals surface area contributed by atoms with Crippen molar-refractivity contribution in [2.45, 2.75) is 13.3 Å². The van der Waals surface area contributed by atoms with Crippen molar-refractivity contribution in [2.24, 2.45) is 0 Å². The SMILES string of the molecule is Cc1cc2c[c-](Br)n(-c3ccccc3)c-2c1.[C-]1=CC=CC1.[Cl-].[Cl-].[Zr+4]. The van der Waals surface area contributed by atoms with Crippen LogP contribution in [0, 0.1) is 13.0 Å². The first kappa shape index (κ1) is 23.5. The summed E-state index contributed by atoms with van der Waals surface area (Å²) in [6.07, 6.45) is 10.0. The van der Waals surface area contributed by atoms with E-state index in [9.17, 15) is 0 Å².